The van der Waals surface area contributed by atoms with Crippen molar-refractivity contribution in [2.75, 3.05) is 26.2 Å². The van der Waals surface area contributed by atoms with E-state index in [4.69, 9.17) is 23.2 Å². The normalized spacial score (nSPS) is 18.7. The number of aliphatic hydroxyl groups is 2. The predicted molar refractivity (Wildman–Crippen MR) is 197 cm³/mol. The highest BCUT2D eigenvalue weighted by Gasteiger charge is 2.24. The minimum Gasteiger partial charge on any atom is -0.392 e. The zero-order valence-corrected chi connectivity index (χ0v) is 29.4. The number of aliphatic hydroxyl groups excluding tert-OH is 2. The molecule has 2 aliphatic heterocycles. The maximum absolute atomic E-state index is 13.4. The zero-order valence-electron chi connectivity index (χ0n) is 27.9. The van der Waals surface area contributed by atoms with Crippen molar-refractivity contribution in [3.05, 3.63) is 115 Å². The summed E-state index contributed by atoms with van der Waals surface area (Å²) in [5.41, 5.74) is 7.28. The molecular weight excluding hydrogens is 675 g/mol. The molecule has 6 heterocycles. The first kappa shape index (κ1) is 33.0. The molecule has 4 aromatic heterocycles. The summed E-state index contributed by atoms with van der Waals surface area (Å²) in [5.74, 6) is 0. The van der Waals surface area contributed by atoms with Gasteiger partial charge in [-0.25, -0.2) is 0 Å². The topological polar surface area (TPSA) is 99.8 Å². The van der Waals surface area contributed by atoms with E-state index in [0.717, 1.165) is 70.7 Å². The van der Waals surface area contributed by atoms with Gasteiger partial charge in [0.2, 0.25) is 0 Å². The Morgan fingerprint density at radius 1 is 0.640 bits per heavy atom. The van der Waals surface area contributed by atoms with E-state index in [9.17, 15) is 19.8 Å². The van der Waals surface area contributed by atoms with Crippen LogP contribution in [0.4, 0.5) is 0 Å². The minimum atomic E-state index is -0.329. The summed E-state index contributed by atoms with van der Waals surface area (Å²) in [6.07, 6.45) is 8.61. The van der Waals surface area contributed by atoms with Crippen LogP contribution in [-0.4, -0.2) is 76.3 Å². The lowest BCUT2D eigenvalue weighted by Crippen LogP contribution is -2.28. The molecule has 12 heteroatoms. The van der Waals surface area contributed by atoms with E-state index in [1.54, 1.807) is 23.2 Å². The molecule has 0 bridgehead atoms. The Labute approximate surface area is 298 Å². The first-order valence-corrected chi connectivity index (χ1v) is 17.6. The van der Waals surface area contributed by atoms with Gasteiger partial charge in [-0.05, 0) is 25.0 Å². The van der Waals surface area contributed by atoms with E-state index in [-0.39, 0.29) is 23.3 Å². The molecule has 10 nitrogen and oxygen atoms in total. The highest BCUT2D eigenvalue weighted by Crippen LogP contribution is 2.42. The van der Waals surface area contributed by atoms with Crippen molar-refractivity contribution in [1.29, 1.82) is 0 Å². The van der Waals surface area contributed by atoms with Gasteiger partial charge < -0.3 is 28.1 Å². The summed E-state index contributed by atoms with van der Waals surface area (Å²) >= 11 is 14.3. The Kier molecular flexibility index (Phi) is 8.49. The fraction of sp³-hybridized carbons (Fsp3) is 0.316. The number of likely N-dealkylation sites (tertiary alicyclic amines) is 2. The zero-order chi connectivity index (χ0) is 34.8. The molecule has 2 fully saturated rings. The summed E-state index contributed by atoms with van der Waals surface area (Å²) < 4.78 is 7.07. The summed E-state index contributed by atoms with van der Waals surface area (Å²) in [6, 6.07) is 15.3. The van der Waals surface area contributed by atoms with Crippen molar-refractivity contribution in [3.8, 4) is 33.4 Å². The van der Waals surface area contributed by atoms with E-state index >= 15 is 0 Å². The van der Waals surface area contributed by atoms with Gasteiger partial charge in [-0.15, -0.1) is 0 Å². The van der Waals surface area contributed by atoms with E-state index < -0.39 is 0 Å². The van der Waals surface area contributed by atoms with Gasteiger partial charge in [-0.3, -0.25) is 19.4 Å². The molecule has 50 heavy (non-hydrogen) atoms. The number of halogens is 2. The number of rotatable bonds is 7. The molecule has 0 radical (unpaired) electrons. The third kappa shape index (κ3) is 5.79. The molecule has 2 aromatic carbocycles. The van der Waals surface area contributed by atoms with Crippen LogP contribution in [0, 0.1) is 0 Å². The lowest BCUT2D eigenvalue weighted by atomic mass is 9.97. The van der Waals surface area contributed by atoms with Crippen LogP contribution in [0.1, 0.15) is 24.2 Å². The highest BCUT2D eigenvalue weighted by atomic mass is 35.5. The molecule has 2 saturated heterocycles. The van der Waals surface area contributed by atoms with Gasteiger partial charge in [0.25, 0.3) is 11.1 Å². The van der Waals surface area contributed by atoms with Crippen molar-refractivity contribution in [2.24, 2.45) is 14.1 Å². The standard InChI is InChI=1S/C38H38Cl2N6O4/c1-41-25(17-43-11-9-27(47)21-43)19-45-15-23(13-33(45)37(41)49)29-5-3-7-31(35(29)39)32-8-4-6-30(36(32)40)24-14-34-38(50)42(2)26(20-46(34)16-24)18-44-12-10-28(48)22-44/h3-8,13-16,19-20,27-28,47-48H,9-12,17-18,21-22H2,1-2H3/t27-,28-/m0/s1. The summed E-state index contributed by atoms with van der Waals surface area (Å²) in [5, 5.41) is 21.0. The third-order valence-corrected chi connectivity index (χ3v) is 11.2. The van der Waals surface area contributed by atoms with Gasteiger partial charge >= 0.3 is 0 Å². The molecule has 0 unspecified atom stereocenters. The van der Waals surface area contributed by atoms with Gasteiger partial charge in [-0.1, -0.05) is 59.6 Å². The van der Waals surface area contributed by atoms with Crippen LogP contribution in [0.2, 0.25) is 10.0 Å². The Morgan fingerprint density at radius 2 is 1.04 bits per heavy atom. The van der Waals surface area contributed by atoms with E-state index in [2.05, 4.69) is 9.80 Å². The minimum absolute atomic E-state index is 0.103. The Balaban J connectivity index is 1.14. The maximum Gasteiger partial charge on any atom is 0.274 e. The lowest BCUT2D eigenvalue weighted by Gasteiger charge is -2.17. The monoisotopic (exact) mass is 712 g/mol. The maximum atomic E-state index is 13.4. The van der Waals surface area contributed by atoms with Gasteiger partial charge in [0, 0.05) is 112 Å². The SMILES string of the molecule is Cn1c(CN2CC[C@H](O)C2)cn2cc(-c3cccc(-c4cccc(-c5cc6c(=O)n(C)c(CN7CC[C@H](O)C7)cn6c5)c4Cl)c3Cl)cc2c1=O. The largest absolute Gasteiger partial charge is 0.392 e. The molecule has 0 aliphatic carbocycles. The number of fused-ring (bicyclic) bond motifs is 2. The van der Waals surface area contributed by atoms with E-state index in [1.807, 2.05) is 82.1 Å². The smallest absolute Gasteiger partial charge is 0.274 e. The Bertz CT molecular complexity index is 2240. The van der Waals surface area contributed by atoms with Gasteiger partial charge in [0.15, 0.2) is 0 Å². The van der Waals surface area contributed by atoms with Crippen LogP contribution in [0.15, 0.2) is 82.9 Å². The average Bonchev–Trinajstić information content (AvgIpc) is 3.90. The van der Waals surface area contributed by atoms with Crippen LogP contribution in [0.5, 0.6) is 0 Å². The number of hydrogen-bond donors (Lipinski definition) is 2. The average molecular weight is 714 g/mol. The predicted octanol–water partition coefficient (Wildman–Crippen LogP) is 5.03. The van der Waals surface area contributed by atoms with Crippen molar-refractivity contribution in [3.63, 3.8) is 0 Å². The molecule has 0 spiro atoms. The van der Waals surface area contributed by atoms with Crippen molar-refractivity contribution < 1.29 is 10.2 Å². The molecular formula is C38H38Cl2N6O4. The molecule has 258 valence electrons. The molecule has 0 saturated carbocycles. The van der Waals surface area contributed by atoms with E-state index in [0.29, 0.717) is 47.3 Å². The van der Waals surface area contributed by atoms with Gasteiger partial charge in [0.05, 0.1) is 33.6 Å². The van der Waals surface area contributed by atoms with E-state index in [1.165, 1.54) is 0 Å². The first-order chi connectivity index (χ1) is 24.0. The lowest BCUT2D eigenvalue weighted by molar-refractivity contribution is 0.173. The Hall–Kier alpha value is -4.16. The van der Waals surface area contributed by atoms with Crippen LogP contribution < -0.4 is 11.1 Å². The Morgan fingerprint density at radius 3 is 1.42 bits per heavy atom. The van der Waals surface area contributed by atoms with Crippen LogP contribution in [-0.2, 0) is 27.2 Å². The summed E-state index contributed by atoms with van der Waals surface area (Å²) in [6.45, 7) is 3.94. The second-order valence-corrected chi connectivity index (χ2v) is 14.5. The van der Waals surface area contributed by atoms with Crippen molar-refractivity contribution >= 4 is 34.2 Å². The fourth-order valence-electron chi connectivity index (χ4n) is 7.50. The number of hydrogen-bond acceptors (Lipinski definition) is 6. The molecule has 2 N–H and O–H groups in total. The molecule has 8 rings (SSSR count). The number of benzene rings is 2. The fourth-order valence-corrected chi connectivity index (χ4v) is 8.17. The molecule has 0 amide bonds. The molecule has 2 atom stereocenters. The quantitative estimate of drug-likeness (QED) is 0.241. The first-order valence-electron chi connectivity index (χ1n) is 16.9. The summed E-state index contributed by atoms with van der Waals surface area (Å²) in [7, 11) is 3.57. The van der Waals surface area contributed by atoms with Gasteiger partial charge in [0.1, 0.15) is 11.0 Å². The second-order valence-electron chi connectivity index (χ2n) is 13.7. The number of nitrogens with zero attached hydrogens (tertiary/aromatic N) is 6. The summed E-state index contributed by atoms with van der Waals surface area (Å²) in [4.78, 5) is 31.2. The van der Waals surface area contributed by atoms with Crippen molar-refractivity contribution in [2.45, 2.75) is 38.1 Å². The van der Waals surface area contributed by atoms with Crippen molar-refractivity contribution in [1.82, 2.24) is 27.7 Å². The highest BCUT2D eigenvalue weighted by molar-refractivity contribution is 6.39. The van der Waals surface area contributed by atoms with Gasteiger partial charge in [-0.2, -0.15) is 0 Å². The van der Waals surface area contributed by atoms with Crippen LogP contribution >= 0.6 is 23.2 Å². The third-order valence-electron chi connectivity index (χ3n) is 10.4. The number of β-amino-alcohol motifs (C(OH)–C–C–N with tert-alkyl or cyclic N) is 2. The second kappa shape index (κ2) is 12.9. The molecule has 6 aromatic rings. The van der Waals surface area contributed by atoms with Crippen LogP contribution in [0.25, 0.3) is 44.4 Å². The number of aromatic nitrogens is 4. The van der Waals surface area contributed by atoms with Crippen LogP contribution in [0.3, 0.4) is 0 Å². The molecule has 2 aliphatic rings.